The molecule has 1 nitrogen and oxygen atoms in total. The summed E-state index contributed by atoms with van der Waals surface area (Å²) in [5.74, 6) is 0.219. The third kappa shape index (κ3) is 2.16. The van der Waals surface area contributed by atoms with Gasteiger partial charge in [0.2, 0.25) is 0 Å². The lowest BCUT2D eigenvalue weighted by atomic mass is 9.87. The topological polar surface area (TPSA) is 12.0 Å². The van der Waals surface area contributed by atoms with Crippen LogP contribution in [0.2, 0.25) is 5.02 Å². The number of nitrogens with one attached hydrogen (secondary N) is 1. The molecule has 2 rings (SSSR count). The minimum absolute atomic E-state index is 0.283. The van der Waals surface area contributed by atoms with Crippen LogP contribution >= 0.6 is 11.6 Å². The second-order valence-electron chi connectivity index (χ2n) is 4.10. The highest BCUT2D eigenvalue weighted by Gasteiger charge is 2.19. The summed E-state index contributed by atoms with van der Waals surface area (Å²) in [5.41, 5.74) is 2.12. The molecule has 1 heterocycles. The van der Waals surface area contributed by atoms with Gasteiger partial charge in [0.25, 0.3) is 0 Å². The summed E-state index contributed by atoms with van der Waals surface area (Å²) in [7, 11) is 0. The largest absolute Gasteiger partial charge is 0.317 e. The molecule has 1 fully saturated rings. The zero-order chi connectivity index (χ0) is 10.8. The smallest absolute Gasteiger partial charge is 0.142 e. The van der Waals surface area contributed by atoms with Gasteiger partial charge in [-0.15, -0.1) is 0 Å². The van der Waals surface area contributed by atoms with Crippen LogP contribution in [0.4, 0.5) is 4.39 Å². The van der Waals surface area contributed by atoms with E-state index in [9.17, 15) is 4.39 Å². The van der Waals surface area contributed by atoms with Gasteiger partial charge in [-0.25, -0.2) is 4.39 Å². The van der Waals surface area contributed by atoms with Crippen LogP contribution in [-0.4, -0.2) is 13.1 Å². The molecule has 1 N–H and O–H groups in total. The predicted octanol–water partition coefficient (Wildman–Crippen LogP) is 3.25. The fourth-order valence-corrected chi connectivity index (χ4v) is 2.41. The molecule has 1 aliphatic rings. The van der Waals surface area contributed by atoms with Crippen molar-refractivity contribution in [3.8, 4) is 0 Å². The van der Waals surface area contributed by atoms with Gasteiger partial charge in [0.05, 0.1) is 5.02 Å². The molecule has 1 aromatic rings. The van der Waals surface area contributed by atoms with E-state index >= 15 is 0 Å². The lowest BCUT2D eigenvalue weighted by molar-refractivity contribution is 0.458. The summed E-state index contributed by atoms with van der Waals surface area (Å²) in [6.45, 7) is 3.99. The Morgan fingerprint density at radius 2 is 2.00 bits per heavy atom. The van der Waals surface area contributed by atoms with E-state index in [1.807, 2.05) is 13.0 Å². The molecule has 3 heteroatoms. The normalized spacial score (nSPS) is 18.1. The quantitative estimate of drug-likeness (QED) is 0.777. The van der Waals surface area contributed by atoms with Gasteiger partial charge in [-0.05, 0) is 56.0 Å². The van der Waals surface area contributed by atoms with E-state index in [0.29, 0.717) is 5.92 Å². The highest BCUT2D eigenvalue weighted by Crippen LogP contribution is 2.32. The van der Waals surface area contributed by atoms with E-state index in [4.69, 9.17) is 11.6 Å². The zero-order valence-electron chi connectivity index (χ0n) is 8.82. The molecule has 82 valence electrons. The van der Waals surface area contributed by atoms with Crippen LogP contribution < -0.4 is 5.32 Å². The van der Waals surface area contributed by atoms with Crippen molar-refractivity contribution in [2.45, 2.75) is 25.7 Å². The molecule has 1 aliphatic heterocycles. The number of rotatable bonds is 1. The van der Waals surface area contributed by atoms with Crippen molar-refractivity contribution in [3.63, 3.8) is 0 Å². The fourth-order valence-electron chi connectivity index (χ4n) is 2.24. The van der Waals surface area contributed by atoms with Gasteiger partial charge >= 0.3 is 0 Å². The summed E-state index contributed by atoms with van der Waals surface area (Å²) in [4.78, 5) is 0. The molecule has 0 bridgehead atoms. The minimum Gasteiger partial charge on any atom is -0.317 e. The maximum atomic E-state index is 13.2. The number of hydrogen-bond donors (Lipinski definition) is 1. The highest BCUT2D eigenvalue weighted by atomic mass is 35.5. The minimum atomic E-state index is -0.313. The fraction of sp³-hybridized carbons (Fsp3) is 0.500. The summed E-state index contributed by atoms with van der Waals surface area (Å²) >= 11 is 5.91. The van der Waals surface area contributed by atoms with Crippen molar-refractivity contribution in [3.05, 3.63) is 34.1 Å². The Bertz CT molecular complexity index is 359. The zero-order valence-corrected chi connectivity index (χ0v) is 9.57. The van der Waals surface area contributed by atoms with Gasteiger partial charge in [-0.3, -0.25) is 0 Å². The van der Waals surface area contributed by atoms with Crippen molar-refractivity contribution in [1.82, 2.24) is 5.32 Å². The SMILES string of the molecule is Cc1c(C2CCNCC2)ccc(F)c1Cl. The predicted molar refractivity (Wildman–Crippen MR) is 61.0 cm³/mol. The Morgan fingerprint density at radius 1 is 1.33 bits per heavy atom. The third-order valence-corrected chi connectivity index (χ3v) is 3.62. The van der Waals surface area contributed by atoms with Crippen LogP contribution in [0.5, 0.6) is 0 Å². The molecular weight excluding hydrogens is 213 g/mol. The maximum Gasteiger partial charge on any atom is 0.142 e. The summed E-state index contributed by atoms with van der Waals surface area (Å²) < 4.78 is 13.2. The average molecular weight is 228 g/mol. The Kier molecular flexibility index (Phi) is 3.27. The molecule has 1 aromatic carbocycles. The molecule has 0 saturated carbocycles. The number of piperidine rings is 1. The van der Waals surface area contributed by atoms with E-state index in [2.05, 4.69) is 5.32 Å². The van der Waals surface area contributed by atoms with Crippen molar-refractivity contribution >= 4 is 11.6 Å². The van der Waals surface area contributed by atoms with Crippen LogP contribution in [0.1, 0.15) is 29.9 Å². The summed E-state index contributed by atoms with van der Waals surface area (Å²) in [5, 5.41) is 3.61. The van der Waals surface area contributed by atoms with Gasteiger partial charge < -0.3 is 5.32 Å². The van der Waals surface area contributed by atoms with Gasteiger partial charge in [0, 0.05) is 0 Å². The van der Waals surface area contributed by atoms with E-state index in [1.54, 1.807) is 0 Å². The number of benzene rings is 1. The first-order valence-electron chi connectivity index (χ1n) is 5.35. The Balaban J connectivity index is 2.31. The van der Waals surface area contributed by atoms with Crippen molar-refractivity contribution in [2.24, 2.45) is 0 Å². The molecule has 0 aromatic heterocycles. The van der Waals surface area contributed by atoms with Gasteiger partial charge in [0.15, 0.2) is 0 Å². The van der Waals surface area contributed by atoms with E-state index < -0.39 is 0 Å². The first-order chi connectivity index (χ1) is 7.20. The highest BCUT2D eigenvalue weighted by molar-refractivity contribution is 6.31. The van der Waals surface area contributed by atoms with Crippen LogP contribution in [0.25, 0.3) is 0 Å². The molecule has 0 aliphatic carbocycles. The third-order valence-electron chi connectivity index (χ3n) is 3.16. The summed E-state index contributed by atoms with van der Waals surface area (Å²) in [6, 6.07) is 3.36. The molecule has 0 radical (unpaired) electrons. The van der Waals surface area contributed by atoms with Crippen LogP contribution in [0.15, 0.2) is 12.1 Å². The van der Waals surface area contributed by atoms with Crippen molar-refractivity contribution in [2.75, 3.05) is 13.1 Å². The Hall–Kier alpha value is -0.600. The van der Waals surface area contributed by atoms with E-state index in [-0.39, 0.29) is 10.8 Å². The second-order valence-corrected chi connectivity index (χ2v) is 4.48. The van der Waals surface area contributed by atoms with Crippen LogP contribution in [0, 0.1) is 12.7 Å². The first-order valence-corrected chi connectivity index (χ1v) is 5.73. The number of halogens is 2. The van der Waals surface area contributed by atoms with Gasteiger partial charge in [-0.2, -0.15) is 0 Å². The molecule has 15 heavy (non-hydrogen) atoms. The maximum absolute atomic E-state index is 13.2. The summed E-state index contributed by atoms with van der Waals surface area (Å²) in [6.07, 6.45) is 2.23. The van der Waals surface area contributed by atoms with Crippen LogP contribution in [-0.2, 0) is 0 Å². The molecule has 0 amide bonds. The number of hydrogen-bond acceptors (Lipinski definition) is 1. The Labute approximate surface area is 94.6 Å². The lowest BCUT2D eigenvalue weighted by Crippen LogP contribution is -2.27. The first kappa shape index (κ1) is 10.9. The lowest BCUT2D eigenvalue weighted by Gasteiger charge is -2.24. The molecule has 0 spiro atoms. The van der Waals surface area contributed by atoms with Gasteiger partial charge in [0.1, 0.15) is 5.82 Å². The Morgan fingerprint density at radius 3 is 2.67 bits per heavy atom. The molecule has 0 unspecified atom stereocenters. The average Bonchev–Trinajstić information content (AvgIpc) is 2.27. The van der Waals surface area contributed by atoms with Gasteiger partial charge in [-0.1, -0.05) is 17.7 Å². The second kappa shape index (κ2) is 4.50. The molecular formula is C12H15ClFN. The molecule has 0 atom stereocenters. The monoisotopic (exact) mass is 227 g/mol. The van der Waals surface area contributed by atoms with Crippen molar-refractivity contribution in [1.29, 1.82) is 0 Å². The van der Waals surface area contributed by atoms with E-state index in [0.717, 1.165) is 31.5 Å². The van der Waals surface area contributed by atoms with E-state index in [1.165, 1.54) is 11.6 Å². The molecule has 1 saturated heterocycles. The van der Waals surface area contributed by atoms with Crippen LogP contribution in [0.3, 0.4) is 0 Å². The standard InChI is InChI=1S/C12H15ClFN/c1-8-10(2-3-11(14)12(8)13)9-4-6-15-7-5-9/h2-3,9,15H,4-7H2,1H3. The van der Waals surface area contributed by atoms with Crippen molar-refractivity contribution < 1.29 is 4.39 Å².